The number of aryl methyl sites for hydroxylation is 1. The van der Waals surface area contributed by atoms with Crippen molar-refractivity contribution in [2.45, 2.75) is 31.3 Å². The van der Waals surface area contributed by atoms with Crippen LogP contribution in [0.1, 0.15) is 36.1 Å². The van der Waals surface area contributed by atoms with E-state index in [1.165, 1.54) is 4.90 Å². The van der Waals surface area contributed by atoms with Gasteiger partial charge in [-0.15, -0.1) is 0 Å². The molecule has 1 aliphatic carbocycles. The summed E-state index contributed by atoms with van der Waals surface area (Å²) < 4.78 is 0. The molecule has 2 aromatic rings. The molecule has 1 aliphatic heterocycles. The van der Waals surface area contributed by atoms with E-state index in [9.17, 15) is 9.59 Å². The minimum atomic E-state index is -0.927. The Bertz CT molecular complexity index is 851. The summed E-state index contributed by atoms with van der Waals surface area (Å²) >= 11 is 6.26. The van der Waals surface area contributed by atoms with Gasteiger partial charge in [0.2, 0.25) is 0 Å². The first-order valence-corrected chi connectivity index (χ1v) is 8.41. The van der Waals surface area contributed by atoms with Crippen molar-refractivity contribution in [3.8, 4) is 0 Å². The largest absolute Gasteiger partial charge is 0.325 e. The maximum atomic E-state index is 13.2. The Morgan fingerprint density at radius 1 is 1.12 bits per heavy atom. The van der Waals surface area contributed by atoms with Crippen LogP contribution in [0.25, 0.3) is 0 Å². The molecule has 1 fully saturated rings. The molecule has 122 valence electrons. The first-order chi connectivity index (χ1) is 11.5. The average molecular weight is 341 g/mol. The number of nitrogens with zero attached hydrogens (tertiary/aromatic N) is 1. The number of fused-ring (bicyclic) bond motifs is 2. The number of benzene rings is 2. The van der Waals surface area contributed by atoms with Crippen LogP contribution in [0.3, 0.4) is 0 Å². The minimum absolute atomic E-state index is 0.190. The van der Waals surface area contributed by atoms with E-state index < -0.39 is 11.6 Å². The number of halogens is 1. The molecule has 2 unspecified atom stereocenters. The summed E-state index contributed by atoms with van der Waals surface area (Å²) in [6.07, 6.45) is 1.39. The standard InChI is InChI=1S/C19H17ClN2O2/c1-12(14-7-3-5-9-16(14)20)22-17(23)19(21-18(22)24)11-10-13-6-2-4-8-15(13)19/h2-9,12H,10-11H2,1H3,(H,21,24). The van der Waals surface area contributed by atoms with Crippen molar-refractivity contribution in [3.63, 3.8) is 0 Å². The van der Waals surface area contributed by atoms with Crippen LogP contribution in [-0.4, -0.2) is 16.8 Å². The van der Waals surface area contributed by atoms with Crippen LogP contribution in [0.4, 0.5) is 4.79 Å². The number of amides is 3. The summed E-state index contributed by atoms with van der Waals surface area (Å²) in [6, 6.07) is 14.4. The second kappa shape index (κ2) is 5.35. The lowest BCUT2D eigenvalue weighted by Crippen LogP contribution is -2.42. The predicted molar refractivity (Wildman–Crippen MR) is 91.7 cm³/mol. The summed E-state index contributed by atoms with van der Waals surface area (Å²) in [4.78, 5) is 27.2. The Kier molecular flexibility index (Phi) is 3.39. The first-order valence-electron chi connectivity index (χ1n) is 8.03. The molecule has 1 N–H and O–H groups in total. The van der Waals surface area contributed by atoms with Gasteiger partial charge in [0.1, 0.15) is 5.54 Å². The maximum absolute atomic E-state index is 13.2. The lowest BCUT2D eigenvalue weighted by molar-refractivity contribution is -0.133. The monoisotopic (exact) mass is 340 g/mol. The molecule has 4 rings (SSSR count). The lowest BCUT2D eigenvalue weighted by atomic mass is 9.91. The molecular formula is C19H17ClN2O2. The molecule has 0 radical (unpaired) electrons. The van der Waals surface area contributed by atoms with Gasteiger partial charge in [-0.1, -0.05) is 54.1 Å². The number of nitrogens with one attached hydrogen (secondary N) is 1. The Balaban J connectivity index is 1.75. The lowest BCUT2D eigenvalue weighted by Gasteiger charge is -2.25. The van der Waals surface area contributed by atoms with Crippen molar-refractivity contribution in [2.75, 3.05) is 0 Å². The van der Waals surface area contributed by atoms with Gasteiger partial charge in [-0.3, -0.25) is 9.69 Å². The maximum Gasteiger partial charge on any atom is 0.325 e. The van der Waals surface area contributed by atoms with Crippen molar-refractivity contribution in [1.29, 1.82) is 0 Å². The molecule has 4 nitrogen and oxygen atoms in total. The second-order valence-electron chi connectivity index (χ2n) is 6.37. The summed E-state index contributed by atoms with van der Waals surface area (Å²) in [5, 5.41) is 3.50. The third-order valence-electron chi connectivity index (χ3n) is 5.11. The highest BCUT2D eigenvalue weighted by Gasteiger charge is 2.56. The molecule has 5 heteroatoms. The van der Waals surface area contributed by atoms with E-state index in [1.54, 1.807) is 6.07 Å². The summed E-state index contributed by atoms with van der Waals surface area (Å²) in [6.45, 7) is 1.83. The molecular weight excluding hydrogens is 324 g/mol. The van der Waals surface area contributed by atoms with Crippen LogP contribution in [0.5, 0.6) is 0 Å². The Morgan fingerprint density at radius 2 is 1.83 bits per heavy atom. The molecule has 1 saturated heterocycles. The fraction of sp³-hybridized carbons (Fsp3) is 0.263. The molecule has 0 saturated carbocycles. The smallest absolute Gasteiger partial charge is 0.319 e. The van der Waals surface area contributed by atoms with Crippen molar-refractivity contribution in [1.82, 2.24) is 10.2 Å². The molecule has 2 aliphatic rings. The topological polar surface area (TPSA) is 49.4 Å². The quantitative estimate of drug-likeness (QED) is 0.845. The van der Waals surface area contributed by atoms with Gasteiger partial charge in [0.15, 0.2) is 0 Å². The summed E-state index contributed by atoms with van der Waals surface area (Å²) in [7, 11) is 0. The van der Waals surface area contributed by atoms with Gasteiger partial charge >= 0.3 is 6.03 Å². The average Bonchev–Trinajstić information content (AvgIpc) is 3.07. The van der Waals surface area contributed by atoms with Crippen LogP contribution in [0.2, 0.25) is 5.02 Å². The fourth-order valence-corrected chi connectivity index (χ4v) is 4.16. The first kappa shape index (κ1) is 15.2. The van der Waals surface area contributed by atoms with Gasteiger partial charge in [-0.05, 0) is 42.5 Å². The zero-order valence-electron chi connectivity index (χ0n) is 13.3. The van der Waals surface area contributed by atoms with Gasteiger partial charge in [-0.2, -0.15) is 0 Å². The Hall–Kier alpha value is -2.33. The zero-order chi connectivity index (χ0) is 16.9. The highest BCUT2D eigenvalue weighted by molar-refractivity contribution is 6.31. The minimum Gasteiger partial charge on any atom is -0.319 e. The van der Waals surface area contributed by atoms with Crippen LogP contribution >= 0.6 is 11.6 Å². The molecule has 2 aromatic carbocycles. The van der Waals surface area contributed by atoms with Crippen molar-refractivity contribution >= 4 is 23.5 Å². The van der Waals surface area contributed by atoms with E-state index in [1.807, 2.05) is 49.4 Å². The Labute approximate surface area is 145 Å². The number of hydrogen-bond donors (Lipinski definition) is 1. The van der Waals surface area contributed by atoms with Gasteiger partial charge < -0.3 is 5.32 Å². The number of urea groups is 1. The number of carbonyl (C=O) groups is 2. The molecule has 24 heavy (non-hydrogen) atoms. The third-order valence-corrected chi connectivity index (χ3v) is 5.46. The second-order valence-corrected chi connectivity index (χ2v) is 6.77. The SMILES string of the molecule is CC(c1ccccc1Cl)N1C(=O)NC2(CCc3ccccc32)C1=O. The number of carbonyl (C=O) groups excluding carboxylic acids is 2. The highest BCUT2D eigenvalue weighted by Crippen LogP contribution is 2.43. The van der Waals surface area contributed by atoms with Gasteiger partial charge in [0, 0.05) is 5.02 Å². The van der Waals surface area contributed by atoms with Crippen molar-refractivity contribution < 1.29 is 9.59 Å². The Morgan fingerprint density at radius 3 is 2.62 bits per heavy atom. The van der Waals surface area contributed by atoms with Crippen LogP contribution in [0, 0.1) is 0 Å². The zero-order valence-corrected chi connectivity index (χ0v) is 14.0. The number of hydrogen-bond acceptors (Lipinski definition) is 2. The fourth-order valence-electron chi connectivity index (χ4n) is 3.86. The van der Waals surface area contributed by atoms with Gasteiger partial charge in [0.25, 0.3) is 5.91 Å². The summed E-state index contributed by atoms with van der Waals surface area (Å²) in [5.74, 6) is -0.190. The van der Waals surface area contributed by atoms with E-state index in [-0.39, 0.29) is 11.9 Å². The highest BCUT2D eigenvalue weighted by atomic mass is 35.5. The number of imide groups is 1. The van der Waals surface area contributed by atoms with E-state index in [2.05, 4.69) is 5.32 Å². The third kappa shape index (κ3) is 1.99. The van der Waals surface area contributed by atoms with Gasteiger partial charge in [0.05, 0.1) is 6.04 Å². The van der Waals surface area contributed by atoms with Crippen molar-refractivity contribution in [3.05, 3.63) is 70.2 Å². The van der Waals surface area contributed by atoms with Gasteiger partial charge in [-0.25, -0.2) is 4.79 Å². The van der Waals surface area contributed by atoms with E-state index in [0.29, 0.717) is 11.4 Å². The molecule has 0 bridgehead atoms. The van der Waals surface area contributed by atoms with Crippen LogP contribution in [0.15, 0.2) is 48.5 Å². The molecule has 1 spiro atoms. The van der Waals surface area contributed by atoms with E-state index >= 15 is 0 Å². The van der Waals surface area contributed by atoms with E-state index in [0.717, 1.165) is 23.1 Å². The normalized spacial score (nSPS) is 23.5. The number of rotatable bonds is 2. The van der Waals surface area contributed by atoms with Crippen molar-refractivity contribution in [2.24, 2.45) is 0 Å². The molecule has 2 atom stereocenters. The molecule has 3 amide bonds. The molecule has 1 heterocycles. The predicted octanol–water partition coefficient (Wildman–Crippen LogP) is 3.79. The van der Waals surface area contributed by atoms with Crippen LogP contribution < -0.4 is 5.32 Å². The summed E-state index contributed by atoms with van der Waals surface area (Å²) in [5.41, 5.74) is 1.88. The van der Waals surface area contributed by atoms with Crippen LogP contribution in [-0.2, 0) is 16.8 Å². The molecule has 0 aromatic heterocycles. The van der Waals surface area contributed by atoms with E-state index in [4.69, 9.17) is 11.6 Å².